The molecule has 8 N–H and O–H groups in total. The first kappa shape index (κ1) is 17.8. The van der Waals surface area contributed by atoms with E-state index < -0.39 is 24.0 Å². The maximum absolute atomic E-state index is 10.8. The first-order chi connectivity index (χ1) is 4.95. The summed E-state index contributed by atoms with van der Waals surface area (Å²) in [6.45, 7) is 2.87. The van der Waals surface area contributed by atoms with Crippen LogP contribution >= 0.6 is 0 Å². The third-order valence-corrected chi connectivity index (χ3v) is 1.14. The molecule has 0 aliphatic heterocycles. The van der Waals surface area contributed by atoms with Gasteiger partial charge in [-0.25, -0.2) is 0 Å². The topological polar surface area (TPSA) is 155 Å². The number of rotatable bonds is 3. The Kier molecular flexibility index (Phi) is 10.2. The van der Waals surface area contributed by atoms with Crippen LogP contribution in [-0.2, 0) is 9.59 Å². The fourth-order valence-electron chi connectivity index (χ4n) is 0.407. The van der Waals surface area contributed by atoms with E-state index >= 15 is 0 Å². The first-order valence-electron chi connectivity index (χ1n) is 3.24. The van der Waals surface area contributed by atoms with Gasteiger partial charge < -0.3 is 27.1 Å². The molecule has 0 fully saturated rings. The molecule has 2 atom stereocenters. The summed E-state index contributed by atoms with van der Waals surface area (Å²) in [7, 11) is 0. The fourth-order valence-corrected chi connectivity index (χ4v) is 0.407. The summed E-state index contributed by atoms with van der Waals surface area (Å²) in [5, 5.41) is 10.6. The van der Waals surface area contributed by atoms with Crippen LogP contribution in [0, 0.1) is 0 Å². The quantitative estimate of drug-likeness (QED) is 0.448. The molecule has 0 aromatic carbocycles. The summed E-state index contributed by atoms with van der Waals surface area (Å²) in [4.78, 5) is 21.0. The van der Waals surface area contributed by atoms with Crippen LogP contribution in [0.1, 0.15) is 13.8 Å². The minimum absolute atomic E-state index is 0. The molecule has 7 heteroatoms. The maximum atomic E-state index is 10.8. The lowest BCUT2D eigenvalue weighted by molar-refractivity contribution is -0.141. The van der Waals surface area contributed by atoms with Crippen molar-refractivity contribution in [1.29, 1.82) is 0 Å². The Morgan fingerprint density at radius 3 is 1.92 bits per heavy atom. The van der Waals surface area contributed by atoms with Gasteiger partial charge in [-0.15, -0.1) is 0 Å². The average Bonchev–Trinajstić information content (AvgIpc) is 1.87. The van der Waals surface area contributed by atoms with E-state index in [2.05, 4.69) is 5.32 Å². The van der Waals surface area contributed by atoms with Crippen LogP contribution in [0.3, 0.4) is 0 Å². The van der Waals surface area contributed by atoms with E-state index in [1.54, 1.807) is 0 Å². The van der Waals surface area contributed by atoms with Crippen LogP contribution in [-0.4, -0.2) is 40.0 Å². The SMILES string of the molecule is CC(N)C(=O)NC(C)C(=O)O.O.O. The molecule has 0 radical (unpaired) electrons. The largest absolute Gasteiger partial charge is 0.480 e. The number of carbonyl (C=O) groups excluding carboxylic acids is 1. The number of nitrogens with two attached hydrogens (primary N) is 1. The van der Waals surface area contributed by atoms with Gasteiger partial charge in [0, 0.05) is 0 Å². The van der Waals surface area contributed by atoms with Gasteiger partial charge in [-0.2, -0.15) is 0 Å². The Morgan fingerprint density at radius 1 is 1.31 bits per heavy atom. The predicted octanol–water partition coefficient (Wildman–Crippen LogP) is -2.73. The van der Waals surface area contributed by atoms with E-state index in [1.807, 2.05) is 0 Å². The fraction of sp³-hybridized carbons (Fsp3) is 0.667. The zero-order valence-electron chi connectivity index (χ0n) is 7.50. The normalized spacial score (nSPS) is 12.8. The third-order valence-electron chi connectivity index (χ3n) is 1.14. The molecule has 0 spiro atoms. The third kappa shape index (κ3) is 7.19. The van der Waals surface area contributed by atoms with E-state index in [-0.39, 0.29) is 11.0 Å². The van der Waals surface area contributed by atoms with E-state index in [9.17, 15) is 9.59 Å². The van der Waals surface area contributed by atoms with Crippen LogP contribution in [0.5, 0.6) is 0 Å². The molecular weight excluding hydrogens is 180 g/mol. The summed E-state index contributed by atoms with van der Waals surface area (Å²) in [5.41, 5.74) is 5.18. The number of hydrogen-bond donors (Lipinski definition) is 3. The molecule has 0 aromatic heterocycles. The number of aliphatic carboxylic acids is 1. The molecule has 0 saturated heterocycles. The predicted molar refractivity (Wildman–Crippen MR) is 46.1 cm³/mol. The highest BCUT2D eigenvalue weighted by Gasteiger charge is 2.15. The summed E-state index contributed by atoms with van der Waals surface area (Å²) in [6.07, 6.45) is 0. The molecule has 0 heterocycles. The second-order valence-corrected chi connectivity index (χ2v) is 2.36. The van der Waals surface area contributed by atoms with Crippen molar-refractivity contribution in [2.24, 2.45) is 5.73 Å². The number of carboxylic acid groups (broad SMARTS) is 1. The molecule has 80 valence electrons. The minimum atomic E-state index is -1.07. The minimum Gasteiger partial charge on any atom is -0.480 e. The van der Waals surface area contributed by atoms with Gasteiger partial charge >= 0.3 is 5.97 Å². The smallest absolute Gasteiger partial charge is 0.325 e. The van der Waals surface area contributed by atoms with Crippen molar-refractivity contribution in [3.8, 4) is 0 Å². The van der Waals surface area contributed by atoms with Gasteiger partial charge in [0.2, 0.25) is 5.91 Å². The van der Waals surface area contributed by atoms with Crippen molar-refractivity contribution in [2.75, 3.05) is 0 Å². The lowest BCUT2D eigenvalue weighted by atomic mass is 10.3. The highest BCUT2D eigenvalue weighted by Crippen LogP contribution is 1.83. The highest BCUT2D eigenvalue weighted by atomic mass is 16.4. The monoisotopic (exact) mass is 196 g/mol. The van der Waals surface area contributed by atoms with Crippen molar-refractivity contribution in [2.45, 2.75) is 25.9 Å². The van der Waals surface area contributed by atoms with Gasteiger partial charge in [-0.1, -0.05) is 0 Å². The summed E-state index contributed by atoms with van der Waals surface area (Å²) in [6, 6.07) is -1.55. The molecule has 7 nitrogen and oxygen atoms in total. The summed E-state index contributed by atoms with van der Waals surface area (Å²) >= 11 is 0. The Morgan fingerprint density at radius 2 is 1.69 bits per heavy atom. The van der Waals surface area contributed by atoms with Crippen LogP contribution in [0.4, 0.5) is 0 Å². The van der Waals surface area contributed by atoms with Gasteiger partial charge in [-0.3, -0.25) is 9.59 Å². The zero-order valence-corrected chi connectivity index (χ0v) is 7.50. The highest BCUT2D eigenvalue weighted by molar-refractivity contribution is 5.86. The van der Waals surface area contributed by atoms with E-state index in [0.29, 0.717) is 0 Å². The Balaban J connectivity index is -0.000000500. The first-order valence-corrected chi connectivity index (χ1v) is 3.24. The average molecular weight is 196 g/mol. The van der Waals surface area contributed by atoms with Gasteiger partial charge in [0.1, 0.15) is 6.04 Å². The van der Waals surface area contributed by atoms with Gasteiger partial charge in [0.25, 0.3) is 0 Å². The molecule has 0 aliphatic rings. The van der Waals surface area contributed by atoms with Gasteiger partial charge in [-0.05, 0) is 13.8 Å². The van der Waals surface area contributed by atoms with Crippen LogP contribution in [0.15, 0.2) is 0 Å². The van der Waals surface area contributed by atoms with Crippen LogP contribution in [0.2, 0.25) is 0 Å². The van der Waals surface area contributed by atoms with Crippen molar-refractivity contribution >= 4 is 11.9 Å². The standard InChI is InChI=1S/C6H12N2O3.2H2O/c1-3(7)5(9)8-4(2)6(10)11;;/h3-4H,7H2,1-2H3,(H,8,9)(H,10,11);2*1H2. The van der Waals surface area contributed by atoms with E-state index in [0.717, 1.165) is 0 Å². The maximum Gasteiger partial charge on any atom is 0.325 e. The van der Waals surface area contributed by atoms with Crippen molar-refractivity contribution in [3.63, 3.8) is 0 Å². The van der Waals surface area contributed by atoms with Crippen molar-refractivity contribution in [1.82, 2.24) is 5.32 Å². The Labute approximate surface area is 75.5 Å². The summed E-state index contributed by atoms with van der Waals surface area (Å²) < 4.78 is 0. The molecule has 13 heavy (non-hydrogen) atoms. The molecular formula is C6H16N2O5. The Bertz CT molecular complexity index is 170. The number of carboxylic acids is 1. The lowest BCUT2D eigenvalue weighted by Crippen LogP contribution is -2.45. The number of carbonyl (C=O) groups is 2. The Hall–Kier alpha value is -1.18. The molecule has 0 rings (SSSR count). The second kappa shape index (κ2) is 7.47. The molecule has 0 bridgehead atoms. The number of amides is 1. The van der Waals surface area contributed by atoms with Crippen LogP contribution < -0.4 is 11.1 Å². The van der Waals surface area contributed by atoms with Crippen molar-refractivity contribution < 1.29 is 25.6 Å². The molecule has 0 saturated carbocycles. The lowest BCUT2D eigenvalue weighted by Gasteiger charge is -2.10. The summed E-state index contributed by atoms with van der Waals surface area (Å²) in [5.74, 6) is -1.53. The van der Waals surface area contributed by atoms with Gasteiger partial charge in [0.05, 0.1) is 6.04 Å². The van der Waals surface area contributed by atoms with E-state index in [1.165, 1.54) is 13.8 Å². The van der Waals surface area contributed by atoms with E-state index in [4.69, 9.17) is 10.8 Å². The zero-order chi connectivity index (χ0) is 9.02. The number of hydrogen-bond acceptors (Lipinski definition) is 3. The molecule has 0 aromatic rings. The van der Waals surface area contributed by atoms with Crippen LogP contribution in [0.25, 0.3) is 0 Å². The van der Waals surface area contributed by atoms with Gasteiger partial charge in [0.15, 0.2) is 0 Å². The molecule has 1 amide bonds. The molecule has 2 unspecified atom stereocenters. The number of nitrogens with one attached hydrogen (secondary N) is 1. The van der Waals surface area contributed by atoms with Crippen molar-refractivity contribution in [3.05, 3.63) is 0 Å². The molecule has 0 aliphatic carbocycles. The second-order valence-electron chi connectivity index (χ2n) is 2.36.